The minimum absolute atomic E-state index is 0.0703. The Morgan fingerprint density at radius 2 is 0.825 bits per heavy atom. The first-order valence-corrected chi connectivity index (χ1v) is 15.6. The lowest BCUT2D eigenvalue weighted by Gasteiger charge is -2.23. The summed E-state index contributed by atoms with van der Waals surface area (Å²) >= 11 is 0. The topological polar surface area (TPSA) is 150 Å². The summed E-state index contributed by atoms with van der Waals surface area (Å²) in [4.78, 5) is 46.8. The van der Waals surface area contributed by atoms with Crippen molar-refractivity contribution < 1.29 is 19.2 Å². The highest BCUT2D eigenvalue weighted by atomic mass is 16.2. The van der Waals surface area contributed by atoms with Crippen molar-refractivity contribution in [2.45, 2.75) is 128 Å². The van der Waals surface area contributed by atoms with Crippen LogP contribution in [0.4, 0.5) is 0 Å². The molecule has 1 aromatic carbocycles. The number of hydrogen-bond donors (Lipinski definition) is 3. The molecule has 1 aliphatic rings. The van der Waals surface area contributed by atoms with Crippen LogP contribution < -0.4 is 17.2 Å². The third kappa shape index (κ3) is 18.4. The van der Waals surface area contributed by atoms with Gasteiger partial charge in [0.25, 0.3) is 5.91 Å². The number of nitrogens with two attached hydrogens (primary N) is 3. The molecule has 0 unspecified atom stereocenters. The second-order valence-corrected chi connectivity index (χ2v) is 11.0. The monoisotopic (exact) mass is 558 g/mol. The molecule has 8 nitrogen and oxygen atoms in total. The van der Waals surface area contributed by atoms with Crippen molar-refractivity contribution >= 4 is 23.6 Å². The highest BCUT2D eigenvalue weighted by molar-refractivity contribution is 5.97. The van der Waals surface area contributed by atoms with E-state index in [1.807, 2.05) is 4.90 Å². The minimum atomic E-state index is -0.462. The fourth-order valence-electron chi connectivity index (χ4n) is 4.95. The van der Waals surface area contributed by atoms with E-state index in [1.54, 1.807) is 24.3 Å². The maximum atomic E-state index is 12.8. The van der Waals surface area contributed by atoms with Crippen molar-refractivity contribution in [2.24, 2.45) is 17.2 Å². The molecule has 0 radical (unpaired) electrons. The minimum Gasteiger partial charge on any atom is -0.370 e. The summed E-state index contributed by atoms with van der Waals surface area (Å²) in [7, 11) is 0. The highest BCUT2D eigenvalue weighted by Crippen LogP contribution is 2.15. The third-order valence-electron chi connectivity index (χ3n) is 7.41. The van der Waals surface area contributed by atoms with Gasteiger partial charge in [-0.25, -0.2) is 0 Å². The van der Waals surface area contributed by atoms with E-state index in [0.717, 1.165) is 51.6 Å². The van der Waals surface area contributed by atoms with Crippen molar-refractivity contribution in [3.8, 4) is 0 Å². The molecular weight excluding hydrogens is 504 g/mol. The van der Waals surface area contributed by atoms with Gasteiger partial charge >= 0.3 is 0 Å². The molecule has 6 N–H and O–H groups in total. The highest BCUT2D eigenvalue weighted by Gasteiger charge is 2.16. The molecular formula is C32H54N4O4. The first-order valence-electron chi connectivity index (χ1n) is 15.6. The lowest BCUT2D eigenvalue weighted by Crippen LogP contribution is -2.33. The molecule has 0 atom stereocenters. The zero-order chi connectivity index (χ0) is 29.4. The smallest absolute Gasteiger partial charge is 0.253 e. The number of nitrogens with zero attached hydrogens (tertiary/aromatic N) is 1. The standard InChI is InChI=1S/C20H30N2O2.C12H24N2O2/c21-19(23)17-11-13-18(14-12-17)20(24)22-15-9-7-5-3-1-2-4-6-8-10-16-22;13-11(15)9-7-5-3-1-2-4-6-8-10-12(14)16/h11-14H,1-10,15-16H2,(H2,21,23);1-10H2,(H2,13,15)(H2,14,16). The van der Waals surface area contributed by atoms with Gasteiger partial charge in [0.2, 0.25) is 17.7 Å². The molecule has 8 heteroatoms. The summed E-state index contributed by atoms with van der Waals surface area (Å²) in [5, 5.41) is 0. The molecule has 0 saturated carbocycles. The van der Waals surface area contributed by atoms with Crippen LogP contribution in [0, 0.1) is 0 Å². The van der Waals surface area contributed by atoms with Gasteiger partial charge in [0, 0.05) is 37.1 Å². The lowest BCUT2D eigenvalue weighted by molar-refractivity contribution is -0.119. The lowest BCUT2D eigenvalue weighted by atomic mass is 10.1. The quantitative estimate of drug-likeness (QED) is 0.254. The number of primary amides is 3. The largest absolute Gasteiger partial charge is 0.370 e. The second-order valence-electron chi connectivity index (χ2n) is 11.0. The van der Waals surface area contributed by atoms with E-state index in [1.165, 1.54) is 77.0 Å². The average molecular weight is 559 g/mol. The summed E-state index contributed by atoms with van der Waals surface area (Å²) in [5.41, 5.74) is 16.4. The summed E-state index contributed by atoms with van der Waals surface area (Å²) in [6.07, 6.45) is 22.2. The Morgan fingerprint density at radius 1 is 0.500 bits per heavy atom. The number of unbranched alkanes of at least 4 members (excludes halogenated alkanes) is 7. The van der Waals surface area contributed by atoms with E-state index < -0.39 is 5.91 Å². The summed E-state index contributed by atoms with van der Waals surface area (Å²) < 4.78 is 0. The van der Waals surface area contributed by atoms with Gasteiger partial charge in [-0.2, -0.15) is 0 Å². The molecule has 1 aromatic rings. The fourth-order valence-corrected chi connectivity index (χ4v) is 4.95. The number of carbonyl (C=O) groups excluding carboxylic acids is 4. The van der Waals surface area contributed by atoms with Gasteiger partial charge in [-0.05, 0) is 49.9 Å². The van der Waals surface area contributed by atoms with Gasteiger partial charge in [-0.3, -0.25) is 19.2 Å². The van der Waals surface area contributed by atoms with Gasteiger partial charge in [0.05, 0.1) is 0 Å². The average Bonchev–Trinajstić information content (AvgIpc) is 2.95. The molecule has 1 saturated heterocycles. The van der Waals surface area contributed by atoms with E-state index in [0.29, 0.717) is 24.0 Å². The molecule has 2 rings (SSSR count). The van der Waals surface area contributed by atoms with Crippen molar-refractivity contribution in [3.63, 3.8) is 0 Å². The van der Waals surface area contributed by atoms with Gasteiger partial charge in [0.15, 0.2) is 0 Å². The van der Waals surface area contributed by atoms with Crippen molar-refractivity contribution in [2.75, 3.05) is 13.1 Å². The Bertz CT molecular complexity index is 821. The van der Waals surface area contributed by atoms with Gasteiger partial charge in [-0.15, -0.1) is 0 Å². The van der Waals surface area contributed by atoms with Crippen LogP contribution in [0.25, 0.3) is 0 Å². The Labute approximate surface area is 241 Å². The predicted octanol–water partition coefficient (Wildman–Crippen LogP) is 6.00. The second kappa shape index (κ2) is 22.9. The third-order valence-corrected chi connectivity index (χ3v) is 7.41. The fraction of sp³-hybridized carbons (Fsp3) is 0.688. The van der Waals surface area contributed by atoms with Crippen LogP contribution in [0.3, 0.4) is 0 Å². The van der Waals surface area contributed by atoms with Crippen LogP contribution in [0.5, 0.6) is 0 Å². The molecule has 0 bridgehead atoms. The molecule has 1 aliphatic heterocycles. The maximum absolute atomic E-state index is 12.8. The van der Waals surface area contributed by atoms with Crippen LogP contribution in [0.2, 0.25) is 0 Å². The molecule has 1 heterocycles. The first-order chi connectivity index (χ1) is 19.3. The molecule has 4 amide bonds. The van der Waals surface area contributed by atoms with Crippen molar-refractivity contribution in [1.82, 2.24) is 4.90 Å². The number of amides is 4. The zero-order valence-electron chi connectivity index (χ0n) is 24.7. The van der Waals surface area contributed by atoms with Crippen LogP contribution in [-0.2, 0) is 9.59 Å². The maximum Gasteiger partial charge on any atom is 0.253 e. The summed E-state index contributed by atoms with van der Waals surface area (Å²) in [6, 6.07) is 6.69. The molecule has 40 heavy (non-hydrogen) atoms. The van der Waals surface area contributed by atoms with Crippen molar-refractivity contribution in [1.29, 1.82) is 0 Å². The van der Waals surface area contributed by atoms with E-state index in [-0.39, 0.29) is 17.7 Å². The van der Waals surface area contributed by atoms with Crippen LogP contribution in [-0.4, -0.2) is 41.6 Å². The normalized spacial score (nSPS) is 14.9. The first kappa shape index (κ1) is 35.1. The zero-order valence-corrected chi connectivity index (χ0v) is 24.7. The van der Waals surface area contributed by atoms with E-state index in [2.05, 4.69) is 0 Å². The number of carbonyl (C=O) groups is 4. The van der Waals surface area contributed by atoms with E-state index >= 15 is 0 Å². The Morgan fingerprint density at radius 3 is 1.18 bits per heavy atom. The van der Waals surface area contributed by atoms with Gasteiger partial charge < -0.3 is 22.1 Å². The number of hydrogen-bond acceptors (Lipinski definition) is 4. The van der Waals surface area contributed by atoms with E-state index in [4.69, 9.17) is 17.2 Å². The van der Waals surface area contributed by atoms with Crippen LogP contribution in [0.1, 0.15) is 149 Å². The summed E-state index contributed by atoms with van der Waals surface area (Å²) in [5.74, 6) is -0.796. The number of benzene rings is 1. The van der Waals surface area contributed by atoms with Crippen LogP contribution >= 0.6 is 0 Å². The molecule has 0 aliphatic carbocycles. The van der Waals surface area contributed by atoms with Gasteiger partial charge in [0.1, 0.15) is 0 Å². The molecule has 0 spiro atoms. The predicted molar refractivity (Wildman–Crippen MR) is 162 cm³/mol. The molecule has 1 fully saturated rings. The number of rotatable bonds is 13. The molecule has 0 aromatic heterocycles. The summed E-state index contributed by atoms with van der Waals surface area (Å²) in [6.45, 7) is 1.66. The Balaban J connectivity index is 0.000000437. The van der Waals surface area contributed by atoms with Crippen LogP contribution in [0.15, 0.2) is 24.3 Å². The van der Waals surface area contributed by atoms with Gasteiger partial charge in [-0.1, -0.05) is 89.9 Å². The van der Waals surface area contributed by atoms with E-state index in [9.17, 15) is 19.2 Å². The Hall–Kier alpha value is -2.90. The Kier molecular flexibility index (Phi) is 20.1. The van der Waals surface area contributed by atoms with Crippen molar-refractivity contribution in [3.05, 3.63) is 35.4 Å². The molecule has 226 valence electrons. The SMILES string of the molecule is NC(=O)CCCCCCCCCCC(N)=O.NC(=O)c1ccc(C(=O)N2CCCCCCCCCCCC2)cc1.